The summed E-state index contributed by atoms with van der Waals surface area (Å²) in [5.41, 5.74) is 0.932. The largest absolute Gasteiger partial charge is 0.456 e. The maximum absolute atomic E-state index is 12.6. The lowest BCUT2D eigenvalue weighted by Gasteiger charge is -2.06. The number of carbonyl (C=O) groups excluding carboxylic acids is 2. The van der Waals surface area contributed by atoms with Crippen molar-refractivity contribution in [3.05, 3.63) is 76.7 Å². The van der Waals surface area contributed by atoms with Gasteiger partial charge in [0.05, 0.1) is 0 Å². The number of amides is 1. The van der Waals surface area contributed by atoms with Gasteiger partial charge in [-0.1, -0.05) is 6.07 Å². The van der Waals surface area contributed by atoms with Gasteiger partial charge in [-0.05, 0) is 56.7 Å². The van der Waals surface area contributed by atoms with Crippen molar-refractivity contribution in [1.82, 2.24) is 4.57 Å². The lowest BCUT2D eigenvalue weighted by atomic mass is 10.3. The second kappa shape index (κ2) is 6.16. The van der Waals surface area contributed by atoms with Crippen LogP contribution in [0.25, 0.3) is 0 Å². The monoisotopic (exact) mass is 324 g/mol. The van der Waals surface area contributed by atoms with Gasteiger partial charge in [-0.3, -0.25) is 14.2 Å². The molecular formula is C18H16N2O4. The molecule has 0 N–H and O–H groups in total. The SMILES string of the molecule is Cc1ccc(C(=O)N=c2c(C)cccn2C(=O)c2ccc(C)o2)o1. The van der Waals surface area contributed by atoms with E-state index in [4.69, 9.17) is 8.83 Å². The third kappa shape index (κ3) is 2.99. The molecule has 1 amide bonds. The smallest absolute Gasteiger partial charge is 0.314 e. The van der Waals surface area contributed by atoms with E-state index < -0.39 is 11.8 Å². The van der Waals surface area contributed by atoms with E-state index in [-0.39, 0.29) is 17.0 Å². The Balaban J connectivity index is 2.09. The molecule has 0 saturated heterocycles. The molecule has 6 heteroatoms. The Hall–Kier alpha value is -3.15. The Morgan fingerprint density at radius 1 is 0.917 bits per heavy atom. The van der Waals surface area contributed by atoms with E-state index in [1.54, 1.807) is 63.4 Å². The fraction of sp³-hybridized carbons (Fsp3) is 0.167. The van der Waals surface area contributed by atoms with Crippen molar-refractivity contribution in [2.24, 2.45) is 4.99 Å². The van der Waals surface area contributed by atoms with Gasteiger partial charge in [0.25, 0.3) is 5.91 Å². The number of aryl methyl sites for hydroxylation is 3. The normalized spacial score (nSPS) is 11.7. The number of nitrogens with zero attached hydrogens (tertiary/aromatic N) is 2. The summed E-state index contributed by atoms with van der Waals surface area (Å²) < 4.78 is 12.0. The summed E-state index contributed by atoms with van der Waals surface area (Å²) in [6.07, 6.45) is 1.55. The minimum absolute atomic E-state index is 0.128. The standard InChI is InChI=1S/C18H16N2O4/c1-11-5-4-10-20(18(22)15-9-7-13(3)24-15)16(11)19-17(21)14-8-6-12(2)23-14/h4-10H,1-3H3. The quantitative estimate of drug-likeness (QED) is 0.726. The lowest BCUT2D eigenvalue weighted by Crippen LogP contribution is -2.30. The summed E-state index contributed by atoms with van der Waals surface area (Å²) in [6, 6.07) is 10.0. The summed E-state index contributed by atoms with van der Waals surface area (Å²) >= 11 is 0. The average Bonchev–Trinajstić information content (AvgIpc) is 3.17. The molecule has 24 heavy (non-hydrogen) atoms. The van der Waals surface area contributed by atoms with Crippen LogP contribution >= 0.6 is 0 Å². The van der Waals surface area contributed by atoms with Crippen LogP contribution in [-0.2, 0) is 0 Å². The predicted molar refractivity (Wildman–Crippen MR) is 85.7 cm³/mol. The van der Waals surface area contributed by atoms with Gasteiger partial charge in [0, 0.05) is 6.20 Å². The summed E-state index contributed by atoms with van der Waals surface area (Å²) in [5, 5.41) is 0. The Morgan fingerprint density at radius 2 is 1.54 bits per heavy atom. The Morgan fingerprint density at radius 3 is 2.12 bits per heavy atom. The Bertz CT molecular complexity index is 988. The molecule has 6 nitrogen and oxygen atoms in total. The second-order valence-electron chi connectivity index (χ2n) is 5.43. The van der Waals surface area contributed by atoms with Gasteiger partial charge in [-0.15, -0.1) is 0 Å². The number of carbonyl (C=O) groups is 2. The fourth-order valence-electron chi connectivity index (χ4n) is 2.28. The first-order valence-corrected chi connectivity index (χ1v) is 7.40. The summed E-state index contributed by atoms with van der Waals surface area (Å²) in [4.78, 5) is 29.0. The molecule has 3 aromatic rings. The third-order valence-corrected chi connectivity index (χ3v) is 3.49. The molecule has 0 aliphatic carbocycles. The van der Waals surface area contributed by atoms with Crippen LogP contribution in [0.4, 0.5) is 0 Å². The van der Waals surface area contributed by atoms with E-state index >= 15 is 0 Å². The molecule has 0 bridgehead atoms. The molecule has 0 aromatic carbocycles. The average molecular weight is 324 g/mol. The first-order chi connectivity index (χ1) is 11.5. The van der Waals surface area contributed by atoms with E-state index in [9.17, 15) is 9.59 Å². The number of hydrogen-bond acceptors (Lipinski definition) is 4. The van der Waals surface area contributed by atoms with Crippen molar-refractivity contribution in [1.29, 1.82) is 0 Å². The maximum Gasteiger partial charge on any atom is 0.314 e. The number of hydrogen-bond donors (Lipinski definition) is 0. The van der Waals surface area contributed by atoms with Gasteiger partial charge in [0.2, 0.25) is 0 Å². The van der Waals surface area contributed by atoms with Gasteiger partial charge in [-0.2, -0.15) is 4.99 Å². The van der Waals surface area contributed by atoms with Gasteiger partial charge in [0.15, 0.2) is 11.5 Å². The zero-order valence-electron chi connectivity index (χ0n) is 13.6. The minimum atomic E-state index is -0.547. The van der Waals surface area contributed by atoms with Crippen molar-refractivity contribution in [3.63, 3.8) is 0 Å². The van der Waals surface area contributed by atoms with E-state index in [1.165, 1.54) is 4.57 Å². The maximum atomic E-state index is 12.6. The van der Waals surface area contributed by atoms with Crippen LogP contribution in [-0.4, -0.2) is 16.4 Å². The zero-order chi connectivity index (χ0) is 17.3. The van der Waals surface area contributed by atoms with E-state index in [1.807, 2.05) is 0 Å². The summed E-state index contributed by atoms with van der Waals surface area (Å²) in [7, 11) is 0. The molecule has 0 unspecified atom stereocenters. The molecule has 0 aliphatic heterocycles. The highest BCUT2D eigenvalue weighted by molar-refractivity contribution is 5.94. The number of pyridine rings is 1. The number of furan rings is 2. The number of aromatic nitrogens is 1. The molecule has 0 aliphatic rings. The third-order valence-electron chi connectivity index (χ3n) is 3.49. The molecule has 3 rings (SSSR count). The van der Waals surface area contributed by atoms with Crippen LogP contribution in [0.15, 0.2) is 56.4 Å². The first-order valence-electron chi connectivity index (χ1n) is 7.40. The molecule has 3 aromatic heterocycles. The van der Waals surface area contributed by atoms with Crippen LogP contribution in [0, 0.1) is 20.8 Å². The van der Waals surface area contributed by atoms with Crippen molar-refractivity contribution < 1.29 is 18.4 Å². The van der Waals surface area contributed by atoms with Gasteiger partial charge >= 0.3 is 5.91 Å². The zero-order valence-corrected chi connectivity index (χ0v) is 13.6. The van der Waals surface area contributed by atoms with Crippen LogP contribution in [0.1, 0.15) is 38.2 Å². The summed E-state index contributed by atoms with van der Waals surface area (Å²) in [6.45, 7) is 5.27. The van der Waals surface area contributed by atoms with Crippen LogP contribution < -0.4 is 5.49 Å². The molecule has 122 valence electrons. The molecular weight excluding hydrogens is 308 g/mol. The molecule has 3 heterocycles. The predicted octanol–water partition coefficient (Wildman–Crippen LogP) is 3.03. The van der Waals surface area contributed by atoms with Crippen molar-refractivity contribution in [2.45, 2.75) is 20.8 Å². The minimum Gasteiger partial charge on any atom is -0.456 e. The first kappa shape index (κ1) is 15.7. The van der Waals surface area contributed by atoms with E-state index in [0.29, 0.717) is 17.1 Å². The highest BCUT2D eigenvalue weighted by Gasteiger charge is 2.15. The second-order valence-corrected chi connectivity index (χ2v) is 5.43. The van der Waals surface area contributed by atoms with Gasteiger partial charge in [-0.25, -0.2) is 0 Å². The van der Waals surface area contributed by atoms with E-state index in [2.05, 4.69) is 4.99 Å². The van der Waals surface area contributed by atoms with Crippen molar-refractivity contribution in [3.8, 4) is 0 Å². The highest BCUT2D eigenvalue weighted by atomic mass is 16.4. The molecule has 0 saturated carbocycles. The van der Waals surface area contributed by atoms with E-state index in [0.717, 1.165) is 0 Å². The molecule has 0 atom stereocenters. The Labute approximate surface area is 138 Å². The Kier molecular flexibility index (Phi) is 4.04. The van der Waals surface area contributed by atoms with Gasteiger partial charge in [0.1, 0.15) is 17.0 Å². The van der Waals surface area contributed by atoms with Crippen LogP contribution in [0.3, 0.4) is 0 Å². The molecule has 0 spiro atoms. The summed E-state index contributed by atoms with van der Waals surface area (Å²) in [5.74, 6) is 0.619. The fourth-order valence-corrected chi connectivity index (χ4v) is 2.28. The van der Waals surface area contributed by atoms with Crippen LogP contribution in [0.5, 0.6) is 0 Å². The molecule has 0 radical (unpaired) electrons. The lowest BCUT2D eigenvalue weighted by molar-refractivity contribution is 0.0923. The highest BCUT2D eigenvalue weighted by Crippen LogP contribution is 2.09. The van der Waals surface area contributed by atoms with Crippen LogP contribution in [0.2, 0.25) is 0 Å². The van der Waals surface area contributed by atoms with Crippen molar-refractivity contribution >= 4 is 11.8 Å². The van der Waals surface area contributed by atoms with Crippen molar-refractivity contribution in [2.75, 3.05) is 0 Å². The topological polar surface area (TPSA) is 77.7 Å². The van der Waals surface area contributed by atoms with Gasteiger partial charge < -0.3 is 8.83 Å². The number of rotatable bonds is 2. The molecule has 0 fully saturated rings.